The second-order valence-electron chi connectivity index (χ2n) is 8.86. The van der Waals surface area contributed by atoms with Gasteiger partial charge in [-0.05, 0) is 50.8 Å². The fourth-order valence-electron chi connectivity index (χ4n) is 3.67. The smallest absolute Gasteiger partial charge is 0.246 e. The van der Waals surface area contributed by atoms with Gasteiger partial charge in [0.1, 0.15) is 12.1 Å². The lowest BCUT2D eigenvalue weighted by molar-refractivity contribution is -0.139. The average Bonchev–Trinajstić information content (AvgIpc) is 3.04. The fourth-order valence-corrected chi connectivity index (χ4v) is 3.67. The first-order chi connectivity index (χ1) is 16.1. The van der Waals surface area contributed by atoms with Crippen LogP contribution >= 0.6 is 0 Å². The lowest BCUT2D eigenvalue weighted by Gasteiger charge is -2.18. The zero-order valence-corrected chi connectivity index (χ0v) is 20.5. The van der Waals surface area contributed by atoms with Gasteiger partial charge in [-0.2, -0.15) is 0 Å². The van der Waals surface area contributed by atoms with E-state index in [2.05, 4.69) is 16.0 Å². The molecule has 186 valence electrons. The monoisotopic (exact) mass is 472 g/mol. The van der Waals surface area contributed by atoms with Gasteiger partial charge in [-0.1, -0.05) is 32.4 Å². The zero-order chi connectivity index (χ0) is 25.3. The van der Waals surface area contributed by atoms with Crippen LogP contribution in [0.1, 0.15) is 65.4 Å². The highest BCUT2D eigenvalue weighted by molar-refractivity contribution is 6.03. The maximum absolute atomic E-state index is 12.4. The van der Waals surface area contributed by atoms with Gasteiger partial charge < -0.3 is 16.0 Å². The van der Waals surface area contributed by atoms with Crippen molar-refractivity contribution in [2.45, 2.75) is 78.3 Å². The molecule has 0 aliphatic carbocycles. The second kappa shape index (κ2) is 12.9. The molecule has 3 unspecified atom stereocenters. The van der Waals surface area contributed by atoms with Crippen LogP contribution in [-0.2, 0) is 30.4 Å². The molecule has 1 saturated heterocycles. The van der Waals surface area contributed by atoms with Gasteiger partial charge in [-0.3, -0.25) is 28.9 Å². The molecular weight excluding hydrogens is 436 g/mol. The van der Waals surface area contributed by atoms with E-state index in [0.29, 0.717) is 31.5 Å². The summed E-state index contributed by atoms with van der Waals surface area (Å²) in [5.41, 5.74) is 1.81. The van der Waals surface area contributed by atoms with E-state index in [4.69, 9.17) is 0 Å². The Morgan fingerprint density at radius 3 is 2.21 bits per heavy atom. The Balaban J connectivity index is 1.64. The topological polar surface area (TPSA) is 125 Å². The third-order valence-corrected chi connectivity index (χ3v) is 5.91. The van der Waals surface area contributed by atoms with Crippen molar-refractivity contribution in [1.29, 1.82) is 0 Å². The first-order valence-electron chi connectivity index (χ1n) is 12.0. The third-order valence-electron chi connectivity index (χ3n) is 5.91. The minimum atomic E-state index is -0.784. The molecule has 1 aromatic carbocycles. The van der Waals surface area contributed by atoms with Crippen molar-refractivity contribution in [2.75, 3.05) is 11.9 Å². The minimum Gasteiger partial charge on any atom is -0.345 e. The number of hydrogen-bond acceptors (Lipinski definition) is 5. The number of benzene rings is 1. The Morgan fingerprint density at radius 1 is 0.971 bits per heavy atom. The van der Waals surface area contributed by atoms with Crippen molar-refractivity contribution < 1.29 is 24.0 Å². The van der Waals surface area contributed by atoms with Crippen molar-refractivity contribution in [3.05, 3.63) is 29.8 Å². The number of carbonyl (C=O) groups is 5. The number of nitrogens with one attached hydrogen (secondary N) is 3. The van der Waals surface area contributed by atoms with E-state index in [0.717, 1.165) is 12.0 Å². The standard InChI is InChI=1S/C25H36N4O5/c1-5-19-10-12-20(13-11-19)28-24(33)18(4)27-23(32)17(3)26-21(30)9-7-6-8-14-29-22(31)15-16(2)25(29)34/h10-13,16-18H,5-9,14-15H2,1-4H3,(H,26,30)(H,27,32)(H,28,33). The summed E-state index contributed by atoms with van der Waals surface area (Å²) in [6, 6.07) is 5.94. The van der Waals surface area contributed by atoms with Gasteiger partial charge in [0.05, 0.1) is 0 Å². The third kappa shape index (κ3) is 7.97. The molecular formula is C25H36N4O5. The summed E-state index contributed by atoms with van der Waals surface area (Å²) in [5, 5.41) is 8.01. The Hall–Kier alpha value is -3.23. The van der Waals surface area contributed by atoms with Gasteiger partial charge in [-0.15, -0.1) is 0 Å². The van der Waals surface area contributed by atoms with Crippen molar-refractivity contribution in [3.8, 4) is 0 Å². The first kappa shape index (κ1) is 27.0. The van der Waals surface area contributed by atoms with Crippen LogP contribution in [0, 0.1) is 5.92 Å². The molecule has 1 aliphatic rings. The molecule has 0 radical (unpaired) electrons. The van der Waals surface area contributed by atoms with Crippen molar-refractivity contribution in [2.24, 2.45) is 5.92 Å². The molecule has 1 aromatic rings. The van der Waals surface area contributed by atoms with Gasteiger partial charge in [-0.25, -0.2) is 0 Å². The Morgan fingerprint density at radius 2 is 1.62 bits per heavy atom. The molecule has 3 N–H and O–H groups in total. The van der Waals surface area contributed by atoms with E-state index in [1.54, 1.807) is 20.8 Å². The molecule has 1 heterocycles. The maximum atomic E-state index is 12.4. The van der Waals surface area contributed by atoms with Crippen molar-refractivity contribution in [1.82, 2.24) is 15.5 Å². The summed E-state index contributed by atoms with van der Waals surface area (Å²) < 4.78 is 0. The number of unbranched alkanes of at least 4 members (excludes halogenated alkanes) is 2. The van der Waals surface area contributed by atoms with E-state index in [1.807, 2.05) is 31.2 Å². The SMILES string of the molecule is CCc1ccc(NC(=O)C(C)NC(=O)C(C)NC(=O)CCCCCN2C(=O)CC(C)C2=O)cc1. The van der Waals surface area contributed by atoms with E-state index in [9.17, 15) is 24.0 Å². The fraction of sp³-hybridized carbons (Fsp3) is 0.560. The number of anilines is 1. The maximum Gasteiger partial charge on any atom is 0.246 e. The molecule has 1 aliphatic heterocycles. The van der Waals surface area contributed by atoms with E-state index < -0.39 is 18.0 Å². The van der Waals surface area contributed by atoms with Crippen LogP contribution in [0.2, 0.25) is 0 Å². The predicted molar refractivity (Wildman–Crippen MR) is 129 cm³/mol. The van der Waals surface area contributed by atoms with Crippen LogP contribution < -0.4 is 16.0 Å². The molecule has 0 spiro atoms. The van der Waals surface area contributed by atoms with Gasteiger partial charge >= 0.3 is 0 Å². The molecule has 0 bridgehead atoms. The number of imide groups is 1. The van der Waals surface area contributed by atoms with Gasteiger partial charge in [0.25, 0.3) is 0 Å². The molecule has 9 nitrogen and oxygen atoms in total. The highest BCUT2D eigenvalue weighted by Gasteiger charge is 2.34. The normalized spacial score (nSPS) is 17.3. The lowest BCUT2D eigenvalue weighted by atomic mass is 10.1. The number of carbonyl (C=O) groups excluding carboxylic acids is 5. The van der Waals surface area contributed by atoms with Gasteiger partial charge in [0.2, 0.25) is 29.5 Å². The largest absolute Gasteiger partial charge is 0.345 e. The zero-order valence-electron chi connectivity index (χ0n) is 20.5. The summed E-state index contributed by atoms with van der Waals surface area (Å²) in [5.74, 6) is -1.56. The number of hydrogen-bond donors (Lipinski definition) is 3. The summed E-state index contributed by atoms with van der Waals surface area (Å²) >= 11 is 0. The van der Waals surface area contributed by atoms with E-state index in [1.165, 1.54) is 4.90 Å². The van der Waals surface area contributed by atoms with Gasteiger partial charge in [0.15, 0.2) is 0 Å². The summed E-state index contributed by atoms with van der Waals surface area (Å²) in [6.45, 7) is 7.32. The van der Waals surface area contributed by atoms with Crippen LogP contribution in [0.5, 0.6) is 0 Å². The number of likely N-dealkylation sites (tertiary alicyclic amines) is 1. The number of rotatable bonds is 12. The second-order valence-corrected chi connectivity index (χ2v) is 8.86. The molecule has 3 atom stereocenters. The summed E-state index contributed by atoms with van der Waals surface area (Å²) in [7, 11) is 0. The van der Waals surface area contributed by atoms with Crippen LogP contribution in [0.25, 0.3) is 0 Å². The summed E-state index contributed by atoms with van der Waals surface area (Å²) in [6.07, 6.45) is 3.33. The van der Waals surface area contributed by atoms with E-state index in [-0.39, 0.29) is 42.4 Å². The summed E-state index contributed by atoms with van der Waals surface area (Å²) in [4.78, 5) is 61.8. The number of amides is 5. The highest BCUT2D eigenvalue weighted by Crippen LogP contribution is 2.19. The minimum absolute atomic E-state index is 0.125. The highest BCUT2D eigenvalue weighted by atomic mass is 16.2. The average molecular weight is 473 g/mol. The predicted octanol–water partition coefficient (Wildman–Crippen LogP) is 2.15. The Kier molecular flexibility index (Phi) is 10.2. The lowest BCUT2D eigenvalue weighted by Crippen LogP contribution is -2.50. The molecule has 9 heteroatoms. The van der Waals surface area contributed by atoms with Crippen LogP contribution in [-0.4, -0.2) is 53.1 Å². The molecule has 34 heavy (non-hydrogen) atoms. The van der Waals surface area contributed by atoms with Crippen molar-refractivity contribution in [3.63, 3.8) is 0 Å². The molecule has 0 aromatic heterocycles. The van der Waals surface area contributed by atoms with Gasteiger partial charge in [0, 0.05) is 31.0 Å². The van der Waals surface area contributed by atoms with Crippen LogP contribution in [0.4, 0.5) is 5.69 Å². The first-order valence-corrected chi connectivity index (χ1v) is 12.0. The molecule has 1 fully saturated rings. The van der Waals surface area contributed by atoms with E-state index >= 15 is 0 Å². The molecule has 0 saturated carbocycles. The van der Waals surface area contributed by atoms with Crippen LogP contribution in [0.15, 0.2) is 24.3 Å². The molecule has 2 rings (SSSR count). The number of aryl methyl sites for hydroxylation is 1. The van der Waals surface area contributed by atoms with Crippen molar-refractivity contribution >= 4 is 35.2 Å². The van der Waals surface area contributed by atoms with Crippen LogP contribution in [0.3, 0.4) is 0 Å². The molecule has 5 amide bonds. The Bertz CT molecular complexity index is 899. The Labute approximate surface area is 201 Å². The quantitative estimate of drug-likeness (QED) is 0.318. The number of nitrogens with zero attached hydrogens (tertiary/aromatic N) is 1.